The number of esters is 1. The van der Waals surface area contributed by atoms with Gasteiger partial charge in [0.1, 0.15) is 6.10 Å². The lowest BCUT2D eigenvalue weighted by Crippen LogP contribution is -2.85. The fraction of sp³-hybridized carbons (Fsp3) is 0.850. The molecule has 6 rings (SSSR count). The standard InChI is InChI=1S/C20H28O6/c1-9-10-5-6-11-18-8-4-7-17(2,3)12(18)15(23)20(25,26-16(18)24)19(11,13(9)21)14(10)22/h10-15,21-23,25H,1,4-8H2,2-3H3/t10-,11+,12-,13-,14?,15+,18-,19+,20-/m1/s1. The molecule has 1 unspecified atom stereocenters. The molecule has 0 amide bonds. The van der Waals surface area contributed by atoms with Crippen LogP contribution in [0.15, 0.2) is 12.2 Å². The molecule has 4 saturated carbocycles. The van der Waals surface area contributed by atoms with E-state index in [1.54, 1.807) is 0 Å². The number of ether oxygens (including phenoxy) is 1. The first-order valence-corrected chi connectivity index (χ1v) is 9.75. The second-order valence-electron chi connectivity index (χ2n) is 9.98. The number of hydrogen-bond donors (Lipinski definition) is 4. The fourth-order valence-electron chi connectivity index (χ4n) is 8.06. The van der Waals surface area contributed by atoms with Gasteiger partial charge in [-0.05, 0) is 42.6 Å². The molecule has 144 valence electrons. The van der Waals surface area contributed by atoms with Crippen LogP contribution in [0.1, 0.15) is 46.0 Å². The molecule has 6 nitrogen and oxygen atoms in total. The van der Waals surface area contributed by atoms with Gasteiger partial charge in [-0.25, -0.2) is 0 Å². The van der Waals surface area contributed by atoms with Gasteiger partial charge >= 0.3 is 5.97 Å². The lowest BCUT2D eigenvalue weighted by atomic mass is 9.36. The number of hydrogen-bond acceptors (Lipinski definition) is 6. The van der Waals surface area contributed by atoms with Crippen LogP contribution in [0.4, 0.5) is 0 Å². The van der Waals surface area contributed by atoms with Gasteiger partial charge in [0, 0.05) is 11.8 Å². The summed E-state index contributed by atoms with van der Waals surface area (Å²) in [6.45, 7) is 8.01. The van der Waals surface area contributed by atoms with Gasteiger partial charge in [0.15, 0.2) is 0 Å². The van der Waals surface area contributed by atoms with E-state index in [0.29, 0.717) is 24.8 Å². The van der Waals surface area contributed by atoms with E-state index in [1.807, 2.05) is 13.8 Å². The Morgan fingerprint density at radius 1 is 1.12 bits per heavy atom. The summed E-state index contributed by atoms with van der Waals surface area (Å²) in [5, 5.41) is 45.2. The van der Waals surface area contributed by atoms with Crippen LogP contribution in [0, 0.1) is 34.0 Å². The number of fused-ring (bicyclic) bond motifs is 2. The summed E-state index contributed by atoms with van der Waals surface area (Å²) in [7, 11) is 0. The van der Waals surface area contributed by atoms with Crippen molar-refractivity contribution in [3.8, 4) is 0 Å². The number of carbonyl (C=O) groups is 1. The Hall–Kier alpha value is -0.950. The second kappa shape index (κ2) is 4.54. The number of carbonyl (C=O) groups excluding carboxylic acids is 1. The number of aliphatic hydroxyl groups is 4. The quantitative estimate of drug-likeness (QED) is 0.373. The van der Waals surface area contributed by atoms with E-state index < -0.39 is 52.7 Å². The average molecular weight is 364 g/mol. The molecule has 6 fully saturated rings. The maximum atomic E-state index is 13.2. The molecule has 9 atom stereocenters. The molecule has 0 radical (unpaired) electrons. The minimum atomic E-state index is -2.30. The third kappa shape index (κ3) is 1.38. The average Bonchev–Trinajstić information content (AvgIpc) is 2.66. The molecule has 4 N–H and O–H groups in total. The van der Waals surface area contributed by atoms with Gasteiger partial charge in [-0.1, -0.05) is 26.8 Å². The van der Waals surface area contributed by atoms with Crippen molar-refractivity contribution in [1.29, 1.82) is 0 Å². The Balaban J connectivity index is 1.82. The van der Waals surface area contributed by atoms with Crippen LogP contribution in [0.5, 0.6) is 0 Å². The van der Waals surface area contributed by atoms with Gasteiger partial charge in [0.25, 0.3) is 0 Å². The van der Waals surface area contributed by atoms with Crippen molar-refractivity contribution in [3.63, 3.8) is 0 Å². The van der Waals surface area contributed by atoms with Crippen LogP contribution >= 0.6 is 0 Å². The van der Waals surface area contributed by atoms with Crippen molar-refractivity contribution < 1.29 is 30.0 Å². The summed E-state index contributed by atoms with van der Waals surface area (Å²) < 4.78 is 5.52. The molecule has 0 aromatic heterocycles. The minimum absolute atomic E-state index is 0.345. The highest BCUT2D eigenvalue weighted by molar-refractivity contribution is 5.82. The number of aliphatic hydroxyl groups excluding tert-OH is 3. The first-order valence-electron chi connectivity index (χ1n) is 9.75. The summed E-state index contributed by atoms with van der Waals surface area (Å²) in [6, 6.07) is 0. The van der Waals surface area contributed by atoms with Crippen molar-refractivity contribution in [2.75, 3.05) is 0 Å². The molecular formula is C20H28O6. The van der Waals surface area contributed by atoms with E-state index in [0.717, 1.165) is 12.8 Å². The highest BCUT2D eigenvalue weighted by Gasteiger charge is 2.88. The van der Waals surface area contributed by atoms with E-state index in [1.165, 1.54) is 0 Å². The Kier molecular flexibility index (Phi) is 3.00. The van der Waals surface area contributed by atoms with Crippen molar-refractivity contribution in [3.05, 3.63) is 12.2 Å². The molecule has 2 aliphatic heterocycles. The van der Waals surface area contributed by atoms with Crippen LogP contribution < -0.4 is 0 Å². The Morgan fingerprint density at radius 3 is 2.50 bits per heavy atom. The zero-order valence-electron chi connectivity index (χ0n) is 15.3. The smallest absolute Gasteiger partial charge is 0.315 e. The Labute approximate surface area is 152 Å². The molecule has 2 heterocycles. The topological polar surface area (TPSA) is 107 Å². The SMILES string of the molecule is C=C1[C@H]2CC[C@H]3[C@]45CCCC(C)(C)[C@H]4[C@H](O)[C@@](O)(OC5=O)[C@]3(C2O)[C@@H]1O. The lowest BCUT2D eigenvalue weighted by Gasteiger charge is -2.73. The molecule has 6 heteroatoms. The van der Waals surface area contributed by atoms with E-state index in [9.17, 15) is 25.2 Å². The van der Waals surface area contributed by atoms with Gasteiger partial charge in [0.05, 0.1) is 23.0 Å². The van der Waals surface area contributed by atoms with Crippen LogP contribution in [-0.2, 0) is 9.53 Å². The van der Waals surface area contributed by atoms with Crippen LogP contribution in [0.25, 0.3) is 0 Å². The van der Waals surface area contributed by atoms with Crippen molar-refractivity contribution in [2.24, 2.45) is 34.0 Å². The largest absolute Gasteiger partial charge is 0.429 e. The summed E-state index contributed by atoms with van der Waals surface area (Å²) in [6.07, 6.45) is -0.194. The minimum Gasteiger partial charge on any atom is -0.429 e. The Bertz CT molecular complexity index is 717. The van der Waals surface area contributed by atoms with Crippen molar-refractivity contribution in [1.82, 2.24) is 0 Å². The monoisotopic (exact) mass is 364 g/mol. The van der Waals surface area contributed by atoms with Crippen LogP contribution in [0.3, 0.4) is 0 Å². The molecule has 2 saturated heterocycles. The van der Waals surface area contributed by atoms with E-state index in [4.69, 9.17) is 4.74 Å². The molecule has 2 spiro atoms. The summed E-state index contributed by atoms with van der Waals surface area (Å²) >= 11 is 0. The van der Waals surface area contributed by atoms with Gasteiger partial charge < -0.3 is 25.2 Å². The van der Waals surface area contributed by atoms with Gasteiger partial charge in [-0.15, -0.1) is 0 Å². The third-order valence-electron chi connectivity index (χ3n) is 8.89. The molecule has 4 bridgehead atoms. The molecule has 0 aromatic rings. The number of rotatable bonds is 0. The van der Waals surface area contributed by atoms with Crippen LogP contribution in [0.2, 0.25) is 0 Å². The maximum absolute atomic E-state index is 13.2. The van der Waals surface area contributed by atoms with E-state index in [2.05, 4.69) is 6.58 Å². The van der Waals surface area contributed by atoms with Gasteiger partial charge in [-0.2, -0.15) is 0 Å². The Morgan fingerprint density at radius 2 is 1.81 bits per heavy atom. The van der Waals surface area contributed by atoms with E-state index in [-0.39, 0.29) is 11.3 Å². The lowest BCUT2D eigenvalue weighted by molar-refractivity contribution is -0.434. The third-order valence-corrected chi connectivity index (χ3v) is 8.89. The highest BCUT2D eigenvalue weighted by atomic mass is 16.7. The highest BCUT2D eigenvalue weighted by Crippen LogP contribution is 2.77. The second-order valence-corrected chi connectivity index (χ2v) is 9.98. The molecular weight excluding hydrogens is 336 g/mol. The molecule has 6 aliphatic rings. The molecule has 4 aliphatic carbocycles. The summed E-state index contributed by atoms with van der Waals surface area (Å²) in [5.41, 5.74) is -2.35. The summed E-state index contributed by atoms with van der Waals surface area (Å²) in [4.78, 5) is 13.2. The molecule has 0 aromatic carbocycles. The van der Waals surface area contributed by atoms with Crippen molar-refractivity contribution >= 4 is 5.97 Å². The zero-order valence-corrected chi connectivity index (χ0v) is 15.3. The zero-order chi connectivity index (χ0) is 18.9. The first-order chi connectivity index (χ1) is 12.1. The first kappa shape index (κ1) is 17.2. The van der Waals surface area contributed by atoms with Gasteiger partial charge in [-0.3, -0.25) is 4.79 Å². The summed E-state index contributed by atoms with van der Waals surface area (Å²) in [5.74, 6) is -4.02. The van der Waals surface area contributed by atoms with Crippen molar-refractivity contribution in [2.45, 2.75) is 70.1 Å². The normalized spacial score (nSPS) is 59.6. The van der Waals surface area contributed by atoms with Gasteiger partial charge in [0.2, 0.25) is 5.79 Å². The predicted molar refractivity (Wildman–Crippen MR) is 90.4 cm³/mol. The van der Waals surface area contributed by atoms with Crippen LogP contribution in [-0.4, -0.2) is 50.5 Å². The maximum Gasteiger partial charge on any atom is 0.315 e. The van der Waals surface area contributed by atoms with E-state index >= 15 is 0 Å². The fourth-order valence-corrected chi connectivity index (χ4v) is 8.06. The predicted octanol–water partition coefficient (Wildman–Crippen LogP) is 0.723. The molecule has 26 heavy (non-hydrogen) atoms.